The van der Waals surface area contributed by atoms with Crippen LogP contribution in [0.1, 0.15) is 44.9 Å². The van der Waals surface area contributed by atoms with Crippen LogP contribution in [0.2, 0.25) is 0 Å². The number of rotatable bonds is 2. The molecule has 0 aromatic carbocycles. The van der Waals surface area contributed by atoms with Crippen LogP contribution in [0.3, 0.4) is 0 Å². The fraction of sp³-hybridized carbons (Fsp3) is 1.00. The first-order valence-corrected chi connectivity index (χ1v) is 6.11. The number of hydrogen-bond donors (Lipinski definition) is 0. The van der Waals surface area contributed by atoms with Gasteiger partial charge in [0.25, 0.3) is 0 Å². The largest absolute Gasteiger partial charge is 0.159 e. The minimum Gasteiger partial charge on any atom is -0.159 e. The molecule has 1 saturated heterocycles. The zero-order valence-corrected chi connectivity index (χ0v) is 8.04. The maximum absolute atomic E-state index is 2.23. The predicted molar refractivity (Wildman–Crippen MR) is 52.1 cm³/mol. The second kappa shape index (κ2) is 3.84. The molecule has 0 N–H and O–H groups in total. The van der Waals surface area contributed by atoms with Gasteiger partial charge >= 0.3 is 0 Å². The van der Waals surface area contributed by atoms with Crippen LogP contribution in [0, 0.1) is 5.92 Å². The second-order valence-corrected chi connectivity index (χ2v) is 5.43. The Morgan fingerprint density at radius 3 is 2.45 bits per heavy atom. The molecule has 2 rings (SSSR count). The minimum atomic E-state index is 1.05. The standard InChI is InChI=1S/C10H18S/c1-2-5-9(4-1)8-10-6-3-7-11-10/h9-10H,1-8H2. The van der Waals surface area contributed by atoms with E-state index in [4.69, 9.17) is 0 Å². The quantitative estimate of drug-likeness (QED) is 0.611. The van der Waals surface area contributed by atoms with Gasteiger partial charge < -0.3 is 0 Å². The summed E-state index contributed by atoms with van der Waals surface area (Å²) in [5.74, 6) is 2.56. The van der Waals surface area contributed by atoms with Crippen LogP contribution >= 0.6 is 11.8 Å². The molecule has 0 aromatic heterocycles. The van der Waals surface area contributed by atoms with E-state index in [-0.39, 0.29) is 0 Å². The Labute approximate surface area is 74.1 Å². The molecule has 64 valence electrons. The van der Waals surface area contributed by atoms with Crippen LogP contribution in [-0.2, 0) is 0 Å². The van der Waals surface area contributed by atoms with E-state index in [0.29, 0.717) is 0 Å². The summed E-state index contributed by atoms with van der Waals surface area (Å²) in [4.78, 5) is 0. The number of thioether (sulfide) groups is 1. The summed E-state index contributed by atoms with van der Waals surface area (Å²) in [6, 6.07) is 0. The van der Waals surface area contributed by atoms with Crippen LogP contribution in [-0.4, -0.2) is 11.0 Å². The van der Waals surface area contributed by atoms with Crippen molar-refractivity contribution < 1.29 is 0 Å². The van der Waals surface area contributed by atoms with Crippen LogP contribution in [0.15, 0.2) is 0 Å². The van der Waals surface area contributed by atoms with Gasteiger partial charge in [-0.1, -0.05) is 25.7 Å². The van der Waals surface area contributed by atoms with Crippen molar-refractivity contribution >= 4 is 11.8 Å². The van der Waals surface area contributed by atoms with E-state index in [1.807, 2.05) is 0 Å². The zero-order chi connectivity index (χ0) is 7.52. The van der Waals surface area contributed by atoms with Crippen LogP contribution in [0.5, 0.6) is 0 Å². The molecule has 0 aromatic rings. The fourth-order valence-electron chi connectivity index (χ4n) is 2.45. The molecular weight excluding hydrogens is 152 g/mol. The molecule has 1 atom stereocenters. The lowest BCUT2D eigenvalue weighted by molar-refractivity contribution is 0.487. The topological polar surface area (TPSA) is 0 Å². The molecule has 0 radical (unpaired) electrons. The highest BCUT2D eigenvalue weighted by Crippen LogP contribution is 2.36. The van der Waals surface area contributed by atoms with Gasteiger partial charge in [0.15, 0.2) is 0 Å². The summed E-state index contributed by atoms with van der Waals surface area (Å²) >= 11 is 2.23. The van der Waals surface area contributed by atoms with Gasteiger partial charge in [-0.15, -0.1) is 0 Å². The third kappa shape index (κ3) is 2.14. The van der Waals surface area contributed by atoms with Crippen molar-refractivity contribution in [1.82, 2.24) is 0 Å². The summed E-state index contributed by atoms with van der Waals surface area (Å²) in [5, 5.41) is 1.05. The van der Waals surface area contributed by atoms with E-state index in [1.165, 1.54) is 44.3 Å². The maximum atomic E-state index is 2.23. The van der Waals surface area contributed by atoms with Gasteiger partial charge in [0.2, 0.25) is 0 Å². The highest BCUT2D eigenvalue weighted by Gasteiger charge is 2.22. The van der Waals surface area contributed by atoms with E-state index < -0.39 is 0 Å². The van der Waals surface area contributed by atoms with Gasteiger partial charge in [-0.2, -0.15) is 11.8 Å². The molecule has 1 aliphatic heterocycles. The Morgan fingerprint density at radius 1 is 1.00 bits per heavy atom. The lowest BCUT2D eigenvalue weighted by Crippen LogP contribution is -2.04. The van der Waals surface area contributed by atoms with E-state index in [9.17, 15) is 0 Å². The molecule has 1 aliphatic carbocycles. The molecule has 1 heterocycles. The highest BCUT2D eigenvalue weighted by atomic mass is 32.2. The van der Waals surface area contributed by atoms with Gasteiger partial charge in [-0.05, 0) is 30.9 Å². The minimum absolute atomic E-state index is 1.05. The summed E-state index contributed by atoms with van der Waals surface area (Å²) < 4.78 is 0. The molecule has 2 aliphatic rings. The lowest BCUT2D eigenvalue weighted by atomic mass is 10.00. The van der Waals surface area contributed by atoms with E-state index >= 15 is 0 Å². The Bertz CT molecular complexity index is 96.0. The Kier molecular flexibility index (Phi) is 2.78. The van der Waals surface area contributed by atoms with E-state index in [1.54, 1.807) is 6.42 Å². The Morgan fingerprint density at radius 2 is 1.82 bits per heavy atom. The van der Waals surface area contributed by atoms with E-state index in [0.717, 1.165) is 11.2 Å². The Balaban J connectivity index is 1.71. The smallest absolute Gasteiger partial charge is 0.00499 e. The first-order valence-electron chi connectivity index (χ1n) is 5.07. The Hall–Kier alpha value is 0.350. The van der Waals surface area contributed by atoms with Crippen molar-refractivity contribution in [3.63, 3.8) is 0 Å². The maximum Gasteiger partial charge on any atom is 0.00499 e. The van der Waals surface area contributed by atoms with Crippen molar-refractivity contribution in [3.8, 4) is 0 Å². The first-order chi connectivity index (χ1) is 5.45. The van der Waals surface area contributed by atoms with Gasteiger partial charge in [-0.3, -0.25) is 0 Å². The summed E-state index contributed by atoms with van der Waals surface area (Å²) in [7, 11) is 0. The normalized spacial score (nSPS) is 33.3. The molecule has 1 saturated carbocycles. The van der Waals surface area contributed by atoms with Crippen molar-refractivity contribution in [3.05, 3.63) is 0 Å². The van der Waals surface area contributed by atoms with Crippen molar-refractivity contribution in [2.45, 2.75) is 50.2 Å². The van der Waals surface area contributed by atoms with Crippen molar-refractivity contribution in [2.75, 3.05) is 5.75 Å². The first kappa shape index (κ1) is 7.97. The predicted octanol–water partition coefficient (Wildman–Crippen LogP) is 3.46. The summed E-state index contributed by atoms with van der Waals surface area (Å²) in [6.45, 7) is 0. The van der Waals surface area contributed by atoms with E-state index in [2.05, 4.69) is 11.8 Å². The average molecular weight is 170 g/mol. The molecule has 2 fully saturated rings. The molecule has 0 nitrogen and oxygen atoms in total. The molecule has 0 amide bonds. The second-order valence-electron chi connectivity index (χ2n) is 4.02. The van der Waals surface area contributed by atoms with Gasteiger partial charge in [-0.25, -0.2) is 0 Å². The fourth-order valence-corrected chi connectivity index (χ4v) is 3.86. The third-order valence-corrected chi connectivity index (χ3v) is 4.52. The molecule has 0 bridgehead atoms. The van der Waals surface area contributed by atoms with Gasteiger partial charge in [0.05, 0.1) is 0 Å². The van der Waals surface area contributed by atoms with Crippen LogP contribution in [0.4, 0.5) is 0 Å². The third-order valence-electron chi connectivity index (χ3n) is 3.09. The molecular formula is C10H18S. The SMILES string of the molecule is C1CCC(CC2CCCS2)C1. The molecule has 1 heteroatoms. The average Bonchev–Trinajstić information content (AvgIpc) is 2.60. The van der Waals surface area contributed by atoms with Crippen LogP contribution in [0.25, 0.3) is 0 Å². The monoisotopic (exact) mass is 170 g/mol. The van der Waals surface area contributed by atoms with Crippen molar-refractivity contribution in [2.24, 2.45) is 5.92 Å². The molecule has 11 heavy (non-hydrogen) atoms. The zero-order valence-electron chi connectivity index (χ0n) is 7.22. The molecule has 0 spiro atoms. The summed E-state index contributed by atoms with van der Waals surface area (Å²) in [5.41, 5.74) is 0. The number of hydrogen-bond acceptors (Lipinski definition) is 1. The van der Waals surface area contributed by atoms with Gasteiger partial charge in [0.1, 0.15) is 0 Å². The van der Waals surface area contributed by atoms with Gasteiger partial charge in [0, 0.05) is 5.25 Å². The van der Waals surface area contributed by atoms with Crippen molar-refractivity contribution in [1.29, 1.82) is 0 Å². The molecule has 1 unspecified atom stereocenters. The highest BCUT2D eigenvalue weighted by molar-refractivity contribution is 8.00. The van der Waals surface area contributed by atoms with Crippen LogP contribution < -0.4 is 0 Å². The summed E-state index contributed by atoms with van der Waals surface area (Å²) in [6.07, 6.45) is 10.7. The lowest BCUT2D eigenvalue weighted by Gasteiger charge is -2.13.